The number of alkyl carbamates (subject to hydrolysis) is 1. The number of amides is 2. The van der Waals surface area contributed by atoms with Gasteiger partial charge in [0, 0.05) is 13.1 Å². The highest BCUT2D eigenvalue weighted by Crippen LogP contribution is 2.05. The molecule has 0 aliphatic carbocycles. The number of nitrogens with one attached hydrogen (secondary N) is 2. The fourth-order valence-corrected chi connectivity index (χ4v) is 1.17. The first-order valence-corrected chi connectivity index (χ1v) is 6.04. The van der Waals surface area contributed by atoms with Crippen molar-refractivity contribution < 1.29 is 42.8 Å². The van der Waals surface area contributed by atoms with Crippen molar-refractivity contribution in [3.05, 3.63) is 0 Å². The lowest BCUT2D eigenvalue weighted by Crippen LogP contribution is -3.00. The van der Waals surface area contributed by atoms with E-state index in [1.54, 1.807) is 20.8 Å². The number of hydrogen-bond donors (Lipinski definition) is 2. The third-order valence-corrected chi connectivity index (χ3v) is 1.73. The maximum atomic E-state index is 11.5. The van der Waals surface area contributed by atoms with Crippen molar-refractivity contribution in [3.8, 4) is 0 Å². The van der Waals surface area contributed by atoms with Crippen molar-refractivity contribution in [1.82, 2.24) is 10.6 Å². The van der Waals surface area contributed by atoms with Gasteiger partial charge in [-0.05, 0) is 20.8 Å². The third-order valence-electron chi connectivity index (χ3n) is 1.73. The quantitative estimate of drug-likeness (QED) is 0.308. The zero-order chi connectivity index (χ0) is 14.4. The highest BCUT2D eigenvalue weighted by atomic mass is 127. The monoisotopic (exact) mass is 387 g/mol. The van der Waals surface area contributed by atoms with E-state index in [0.29, 0.717) is 24.1 Å². The van der Waals surface area contributed by atoms with E-state index < -0.39 is 11.7 Å². The van der Waals surface area contributed by atoms with Gasteiger partial charge < -0.3 is 43.8 Å². The van der Waals surface area contributed by atoms with E-state index in [2.05, 4.69) is 10.6 Å². The van der Waals surface area contributed by atoms with E-state index in [1.807, 2.05) is 21.1 Å². The summed E-state index contributed by atoms with van der Waals surface area (Å²) in [5.41, 5.74) is -0.503. The second-order valence-corrected chi connectivity index (χ2v) is 6.23. The fourth-order valence-electron chi connectivity index (χ4n) is 1.17. The van der Waals surface area contributed by atoms with Crippen LogP contribution in [0.2, 0.25) is 0 Å². The molecule has 0 aromatic rings. The molecule has 0 aromatic carbocycles. The van der Waals surface area contributed by atoms with Crippen LogP contribution in [0, 0.1) is 0 Å². The van der Waals surface area contributed by atoms with E-state index in [9.17, 15) is 9.59 Å². The van der Waals surface area contributed by atoms with Crippen LogP contribution in [0.25, 0.3) is 0 Å². The second kappa shape index (κ2) is 8.57. The van der Waals surface area contributed by atoms with Crippen molar-refractivity contribution >= 4 is 12.0 Å². The number of nitrogens with zero attached hydrogens (tertiary/aromatic N) is 1. The molecule has 0 atom stereocenters. The summed E-state index contributed by atoms with van der Waals surface area (Å²) in [6, 6.07) is 0. The zero-order valence-electron chi connectivity index (χ0n) is 12.7. The Labute approximate surface area is 132 Å². The summed E-state index contributed by atoms with van der Waals surface area (Å²) in [6.07, 6.45) is -0.469. The highest BCUT2D eigenvalue weighted by Gasteiger charge is 2.16. The van der Waals surface area contributed by atoms with E-state index in [4.69, 9.17) is 4.74 Å². The molecule has 0 fully saturated rings. The van der Waals surface area contributed by atoms with Crippen LogP contribution in [-0.2, 0) is 9.53 Å². The smallest absolute Gasteiger partial charge is 0.407 e. The van der Waals surface area contributed by atoms with Crippen LogP contribution in [0.4, 0.5) is 4.79 Å². The van der Waals surface area contributed by atoms with Crippen LogP contribution < -0.4 is 34.6 Å². The first-order chi connectivity index (χ1) is 7.99. The molecule has 0 aliphatic rings. The molecule has 114 valence electrons. The average Bonchev–Trinajstić information content (AvgIpc) is 2.06. The minimum absolute atomic E-state index is 0. The van der Waals surface area contributed by atoms with Gasteiger partial charge in [-0.3, -0.25) is 4.79 Å². The Kier molecular flexibility index (Phi) is 9.36. The van der Waals surface area contributed by atoms with E-state index >= 15 is 0 Å². The van der Waals surface area contributed by atoms with Gasteiger partial charge in [-0.15, -0.1) is 0 Å². The molecule has 7 heteroatoms. The Bertz CT molecular complexity index is 266. The molecule has 0 aliphatic heterocycles. The lowest BCUT2D eigenvalue weighted by Gasteiger charge is -2.23. The lowest BCUT2D eigenvalue weighted by molar-refractivity contribution is -0.862. The van der Waals surface area contributed by atoms with E-state index in [0.717, 1.165) is 0 Å². The molecule has 2 amide bonds. The highest BCUT2D eigenvalue weighted by molar-refractivity contribution is 5.77. The molecule has 0 saturated carbocycles. The minimum atomic E-state index is -0.503. The molecule has 0 radical (unpaired) electrons. The van der Waals surface area contributed by atoms with Gasteiger partial charge in [0.2, 0.25) is 0 Å². The van der Waals surface area contributed by atoms with Crippen LogP contribution in [0.5, 0.6) is 0 Å². The van der Waals surface area contributed by atoms with Gasteiger partial charge in [0.15, 0.2) is 6.54 Å². The maximum Gasteiger partial charge on any atom is 0.407 e. The molecule has 0 rings (SSSR count). The van der Waals surface area contributed by atoms with Gasteiger partial charge >= 0.3 is 6.09 Å². The summed E-state index contributed by atoms with van der Waals surface area (Å²) in [5, 5.41) is 5.31. The van der Waals surface area contributed by atoms with Crippen molar-refractivity contribution in [2.45, 2.75) is 26.4 Å². The molecule has 0 heterocycles. The Morgan fingerprint density at radius 1 is 1.05 bits per heavy atom. The Morgan fingerprint density at radius 2 is 1.53 bits per heavy atom. The molecule has 0 unspecified atom stereocenters. The molecule has 0 spiro atoms. The molecular formula is C12H26IN3O3. The van der Waals surface area contributed by atoms with Crippen LogP contribution in [-0.4, -0.2) is 62.9 Å². The molecule has 2 N–H and O–H groups in total. The number of halogens is 1. The number of ether oxygens (including phenoxy) is 1. The largest absolute Gasteiger partial charge is 1.00 e. The second-order valence-electron chi connectivity index (χ2n) is 6.23. The van der Waals surface area contributed by atoms with E-state index in [-0.39, 0.29) is 29.9 Å². The molecule has 0 saturated heterocycles. The summed E-state index contributed by atoms with van der Waals surface area (Å²) in [5.74, 6) is -0.0338. The average molecular weight is 387 g/mol. The van der Waals surface area contributed by atoms with Crippen molar-refractivity contribution in [1.29, 1.82) is 0 Å². The third kappa shape index (κ3) is 15.4. The standard InChI is InChI=1S/C12H25N3O3.HI/c1-12(2,3)18-11(17)14-8-7-13-10(16)9-15(4,5)6;/h7-9H2,1-6H3,(H-,13,14,16,17);1H. The first-order valence-electron chi connectivity index (χ1n) is 6.04. The van der Waals surface area contributed by atoms with Gasteiger partial charge in [0.05, 0.1) is 21.1 Å². The van der Waals surface area contributed by atoms with Gasteiger partial charge in [-0.25, -0.2) is 4.79 Å². The number of quaternary nitrogens is 1. The van der Waals surface area contributed by atoms with E-state index in [1.165, 1.54) is 0 Å². The van der Waals surface area contributed by atoms with Crippen molar-refractivity contribution in [3.63, 3.8) is 0 Å². The SMILES string of the molecule is CC(C)(C)OC(=O)NCCNC(=O)C[N+](C)(C)C.[I-]. The maximum absolute atomic E-state index is 11.5. The Hall–Kier alpha value is -0.570. The summed E-state index contributed by atoms with van der Waals surface area (Å²) in [6.45, 7) is 6.57. The summed E-state index contributed by atoms with van der Waals surface area (Å²) >= 11 is 0. The summed E-state index contributed by atoms with van der Waals surface area (Å²) in [7, 11) is 5.83. The van der Waals surface area contributed by atoms with Crippen LogP contribution in [0.3, 0.4) is 0 Å². The predicted molar refractivity (Wildman–Crippen MR) is 70.1 cm³/mol. The normalized spacial score (nSPS) is 11.3. The predicted octanol–water partition coefficient (Wildman–Crippen LogP) is -2.66. The number of carbonyl (C=O) groups excluding carboxylic acids is 2. The number of likely N-dealkylation sites (N-methyl/N-ethyl adjacent to an activating group) is 1. The minimum Gasteiger partial charge on any atom is -1.00 e. The molecular weight excluding hydrogens is 361 g/mol. The fraction of sp³-hybridized carbons (Fsp3) is 0.833. The summed E-state index contributed by atoms with van der Waals surface area (Å²) in [4.78, 5) is 22.7. The Morgan fingerprint density at radius 3 is 1.95 bits per heavy atom. The van der Waals surface area contributed by atoms with Crippen molar-refractivity contribution in [2.24, 2.45) is 0 Å². The molecule has 19 heavy (non-hydrogen) atoms. The van der Waals surface area contributed by atoms with Gasteiger partial charge in [0.1, 0.15) is 5.60 Å². The number of carbonyl (C=O) groups is 2. The van der Waals surface area contributed by atoms with Crippen LogP contribution >= 0.6 is 0 Å². The number of rotatable bonds is 5. The Balaban J connectivity index is 0. The van der Waals surface area contributed by atoms with Gasteiger partial charge in [-0.2, -0.15) is 0 Å². The summed E-state index contributed by atoms with van der Waals surface area (Å²) < 4.78 is 5.63. The molecule has 0 aromatic heterocycles. The van der Waals surface area contributed by atoms with Gasteiger partial charge in [0.25, 0.3) is 5.91 Å². The van der Waals surface area contributed by atoms with Gasteiger partial charge in [-0.1, -0.05) is 0 Å². The van der Waals surface area contributed by atoms with Crippen molar-refractivity contribution in [2.75, 3.05) is 40.8 Å². The first kappa shape index (κ1) is 20.7. The molecule has 0 bridgehead atoms. The lowest BCUT2D eigenvalue weighted by atomic mass is 10.2. The topological polar surface area (TPSA) is 67.4 Å². The van der Waals surface area contributed by atoms with Crippen LogP contribution in [0.15, 0.2) is 0 Å². The number of hydrogen-bond acceptors (Lipinski definition) is 3. The molecule has 6 nitrogen and oxygen atoms in total. The zero-order valence-corrected chi connectivity index (χ0v) is 14.8. The van der Waals surface area contributed by atoms with Crippen LogP contribution in [0.1, 0.15) is 20.8 Å².